The Kier molecular flexibility index (Phi) is 4.93. The van der Waals surface area contributed by atoms with Gasteiger partial charge in [-0.1, -0.05) is 35.9 Å². The first-order valence-electron chi connectivity index (χ1n) is 8.35. The third-order valence-corrected chi connectivity index (χ3v) is 4.17. The van der Waals surface area contributed by atoms with Crippen LogP contribution >= 0.6 is 0 Å². The number of carbonyl (C=O) groups is 1. The summed E-state index contributed by atoms with van der Waals surface area (Å²) < 4.78 is 1.20. The summed E-state index contributed by atoms with van der Waals surface area (Å²) in [5.41, 5.74) is 3.18. The molecule has 0 aliphatic carbocycles. The van der Waals surface area contributed by atoms with E-state index in [2.05, 4.69) is 15.4 Å². The zero-order valence-electron chi connectivity index (χ0n) is 14.9. The zero-order chi connectivity index (χ0) is 18.7. The smallest absolute Gasteiger partial charge is 0.267 e. The number of pyridine rings is 1. The van der Waals surface area contributed by atoms with Crippen molar-refractivity contribution in [3.8, 4) is 11.3 Å². The van der Waals surface area contributed by atoms with E-state index in [1.165, 1.54) is 10.7 Å². The maximum atomic E-state index is 12.6. The van der Waals surface area contributed by atoms with E-state index in [9.17, 15) is 9.59 Å². The van der Waals surface area contributed by atoms with E-state index in [0.717, 1.165) is 16.7 Å². The van der Waals surface area contributed by atoms with Crippen molar-refractivity contribution in [3.63, 3.8) is 0 Å². The van der Waals surface area contributed by atoms with E-state index in [1.54, 1.807) is 25.3 Å². The number of hydrogen-bond acceptors (Lipinski definition) is 4. The maximum Gasteiger partial charge on any atom is 0.267 e. The number of carbonyl (C=O) groups excluding carboxylic acids is 1. The predicted octanol–water partition coefficient (Wildman–Crippen LogP) is 3.12. The van der Waals surface area contributed by atoms with Crippen LogP contribution in [0, 0.1) is 13.8 Å². The van der Waals surface area contributed by atoms with Gasteiger partial charge in [0.05, 0.1) is 5.69 Å². The predicted molar refractivity (Wildman–Crippen MR) is 101 cm³/mol. The minimum absolute atomic E-state index is 0.332. The molecule has 1 N–H and O–H groups in total. The van der Waals surface area contributed by atoms with Crippen LogP contribution in [0.5, 0.6) is 0 Å². The summed E-state index contributed by atoms with van der Waals surface area (Å²) in [5.74, 6) is 0.134. The number of amides is 1. The van der Waals surface area contributed by atoms with Gasteiger partial charge in [0.15, 0.2) is 0 Å². The molecule has 2 heterocycles. The summed E-state index contributed by atoms with van der Waals surface area (Å²) in [6.45, 7) is 5.50. The van der Waals surface area contributed by atoms with Crippen molar-refractivity contribution in [2.24, 2.45) is 0 Å². The lowest BCUT2D eigenvalue weighted by Crippen LogP contribution is -2.33. The van der Waals surface area contributed by atoms with Crippen LogP contribution in [0.4, 0.5) is 5.82 Å². The van der Waals surface area contributed by atoms with Crippen molar-refractivity contribution >= 4 is 11.7 Å². The van der Waals surface area contributed by atoms with Gasteiger partial charge >= 0.3 is 0 Å². The second-order valence-electron chi connectivity index (χ2n) is 6.20. The van der Waals surface area contributed by atoms with Gasteiger partial charge in [-0.3, -0.25) is 9.59 Å². The standard InChI is InChI=1S/C20H20N4O2/c1-13-6-8-16(9-7-13)17-10-11-18(25)24(23-17)15(3)20(26)22-19-14(2)5-4-12-21-19/h4-12,15H,1-3H3,(H,21,22,26). The summed E-state index contributed by atoms with van der Waals surface area (Å²) >= 11 is 0. The zero-order valence-corrected chi connectivity index (χ0v) is 14.9. The van der Waals surface area contributed by atoms with Crippen LogP contribution in [-0.4, -0.2) is 20.7 Å². The molecule has 3 rings (SSSR count). The lowest BCUT2D eigenvalue weighted by Gasteiger charge is -2.15. The van der Waals surface area contributed by atoms with Gasteiger partial charge < -0.3 is 5.32 Å². The molecule has 0 saturated heterocycles. The number of hydrogen-bond donors (Lipinski definition) is 1. The number of aromatic nitrogens is 3. The average Bonchev–Trinajstić information content (AvgIpc) is 2.64. The lowest BCUT2D eigenvalue weighted by molar-refractivity contribution is -0.119. The van der Waals surface area contributed by atoms with Gasteiger partial charge in [0.2, 0.25) is 5.91 Å². The Morgan fingerprint density at radius 1 is 1.08 bits per heavy atom. The number of anilines is 1. The second-order valence-corrected chi connectivity index (χ2v) is 6.20. The van der Waals surface area contributed by atoms with Gasteiger partial charge in [-0.2, -0.15) is 5.10 Å². The van der Waals surface area contributed by atoms with Crippen molar-refractivity contribution in [3.05, 3.63) is 76.2 Å². The molecule has 132 valence electrons. The van der Waals surface area contributed by atoms with E-state index in [1.807, 2.05) is 44.2 Å². The Bertz CT molecular complexity index is 993. The molecule has 0 radical (unpaired) electrons. The quantitative estimate of drug-likeness (QED) is 0.786. The Balaban J connectivity index is 1.89. The summed E-state index contributed by atoms with van der Waals surface area (Å²) in [6, 6.07) is 13.8. The monoisotopic (exact) mass is 348 g/mol. The van der Waals surface area contributed by atoms with Crippen LogP contribution in [0.1, 0.15) is 24.1 Å². The fourth-order valence-corrected chi connectivity index (χ4v) is 2.53. The average molecular weight is 348 g/mol. The molecule has 0 saturated carbocycles. The Labute approximate surface area is 151 Å². The molecule has 3 aromatic rings. The molecule has 6 nitrogen and oxygen atoms in total. The SMILES string of the molecule is Cc1ccc(-c2ccc(=O)n(C(C)C(=O)Nc3ncccc3C)n2)cc1. The fourth-order valence-electron chi connectivity index (χ4n) is 2.53. The molecule has 6 heteroatoms. The largest absolute Gasteiger partial charge is 0.309 e. The first-order valence-corrected chi connectivity index (χ1v) is 8.35. The van der Waals surface area contributed by atoms with Crippen LogP contribution in [0.25, 0.3) is 11.3 Å². The molecule has 1 aromatic carbocycles. The van der Waals surface area contributed by atoms with Crippen LogP contribution < -0.4 is 10.9 Å². The molecular formula is C20H20N4O2. The molecular weight excluding hydrogens is 328 g/mol. The number of benzene rings is 1. The molecule has 26 heavy (non-hydrogen) atoms. The highest BCUT2D eigenvalue weighted by Gasteiger charge is 2.19. The number of rotatable bonds is 4. The van der Waals surface area contributed by atoms with Gasteiger partial charge in [-0.05, 0) is 38.5 Å². The van der Waals surface area contributed by atoms with E-state index < -0.39 is 6.04 Å². The maximum absolute atomic E-state index is 12.6. The Morgan fingerprint density at radius 3 is 2.50 bits per heavy atom. The van der Waals surface area contributed by atoms with Gasteiger partial charge in [0, 0.05) is 17.8 Å². The molecule has 0 fully saturated rings. The van der Waals surface area contributed by atoms with Gasteiger partial charge in [-0.25, -0.2) is 9.67 Å². The lowest BCUT2D eigenvalue weighted by atomic mass is 10.1. The van der Waals surface area contributed by atoms with E-state index >= 15 is 0 Å². The summed E-state index contributed by atoms with van der Waals surface area (Å²) in [4.78, 5) is 28.9. The molecule has 0 aliphatic heterocycles. The normalized spacial score (nSPS) is 11.8. The van der Waals surface area contributed by atoms with Crippen LogP contribution in [0.15, 0.2) is 59.5 Å². The van der Waals surface area contributed by atoms with Crippen LogP contribution in [0.3, 0.4) is 0 Å². The van der Waals surface area contributed by atoms with Gasteiger partial charge in [-0.15, -0.1) is 0 Å². The highest BCUT2D eigenvalue weighted by atomic mass is 16.2. The van der Waals surface area contributed by atoms with Crippen molar-refractivity contribution < 1.29 is 4.79 Å². The van der Waals surface area contributed by atoms with E-state index in [4.69, 9.17) is 0 Å². The molecule has 0 aliphatic rings. The Hall–Kier alpha value is -3.28. The minimum Gasteiger partial charge on any atom is -0.309 e. The molecule has 2 aromatic heterocycles. The summed E-state index contributed by atoms with van der Waals surface area (Å²) in [6.07, 6.45) is 1.61. The molecule has 1 amide bonds. The van der Waals surface area contributed by atoms with Crippen LogP contribution in [0.2, 0.25) is 0 Å². The Morgan fingerprint density at radius 2 is 1.81 bits per heavy atom. The van der Waals surface area contributed by atoms with Crippen molar-refractivity contribution in [2.45, 2.75) is 26.8 Å². The molecule has 0 bridgehead atoms. The number of aryl methyl sites for hydroxylation is 2. The van der Waals surface area contributed by atoms with Crippen LogP contribution in [-0.2, 0) is 4.79 Å². The molecule has 1 unspecified atom stereocenters. The number of nitrogens with zero attached hydrogens (tertiary/aromatic N) is 3. The highest BCUT2D eigenvalue weighted by Crippen LogP contribution is 2.17. The summed E-state index contributed by atoms with van der Waals surface area (Å²) in [7, 11) is 0. The topological polar surface area (TPSA) is 76.9 Å². The van der Waals surface area contributed by atoms with Crippen molar-refractivity contribution in [2.75, 3.05) is 5.32 Å². The van der Waals surface area contributed by atoms with E-state index in [0.29, 0.717) is 11.5 Å². The number of nitrogens with one attached hydrogen (secondary N) is 1. The third-order valence-electron chi connectivity index (χ3n) is 4.17. The third kappa shape index (κ3) is 3.69. The molecule has 0 spiro atoms. The van der Waals surface area contributed by atoms with Gasteiger partial charge in [0.1, 0.15) is 11.9 Å². The molecule has 1 atom stereocenters. The van der Waals surface area contributed by atoms with Crippen molar-refractivity contribution in [1.29, 1.82) is 0 Å². The van der Waals surface area contributed by atoms with Crippen molar-refractivity contribution in [1.82, 2.24) is 14.8 Å². The second kappa shape index (κ2) is 7.31. The minimum atomic E-state index is -0.769. The first-order chi connectivity index (χ1) is 12.5. The van der Waals surface area contributed by atoms with Gasteiger partial charge in [0.25, 0.3) is 5.56 Å². The fraction of sp³-hybridized carbons (Fsp3) is 0.200. The first kappa shape index (κ1) is 17.5. The van der Waals surface area contributed by atoms with E-state index in [-0.39, 0.29) is 11.5 Å². The highest BCUT2D eigenvalue weighted by molar-refractivity contribution is 5.93. The summed E-state index contributed by atoms with van der Waals surface area (Å²) in [5, 5.41) is 7.13.